The van der Waals surface area contributed by atoms with E-state index in [0.29, 0.717) is 28.3 Å². The molecule has 2 heterocycles. The van der Waals surface area contributed by atoms with Gasteiger partial charge in [0.15, 0.2) is 11.5 Å². The van der Waals surface area contributed by atoms with Crippen molar-refractivity contribution in [1.82, 2.24) is 14.9 Å². The van der Waals surface area contributed by atoms with Gasteiger partial charge >= 0.3 is 0 Å². The van der Waals surface area contributed by atoms with E-state index in [1.54, 1.807) is 20.3 Å². The zero-order chi connectivity index (χ0) is 22.5. The highest BCUT2D eigenvalue weighted by Crippen LogP contribution is 2.36. The molecule has 0 saturated carbocycles. The predicted molar refractivity (Wildman–Crippen MR) is 126 cm³/mol. The van der Waals surface area contributed by atoms with Gasteiger partial charge in [-0.3, -0.25) is 14.2 Å². The smallest absolute Gasteiger partial charge is 0.263 e. The second-order valence-electron chi connectivity index (χ2n) is 7.16. The molecule has 0 aliphatic carbocycles. The Morgan fingerprint density at radius 1 is 1.09 bits per heavy atom. The number of fused-ring (bicyclic) bond motifs is 1. The second kappa shape index (κ2) is 9.65. The first-order valence-corrected chi connectivity index (χ1v) is 11.0. The van der Waals surface area contributed by atoms with Crippen molar-refractivity contribution in [2.75, 3.05) is 20.8 Å². The lowest BCUT2D eigenvalue weighted by Gasteiger charge is -2.10. The van der Waals surface area contributed by atoms with Crippen molar-refractivity contribution in [2.45, 2.75) is 13.0 Å². The number of methoxy groups -OCH3 is 2. The van der Waals surface area contributed by atoms with Crippen LogP contribution >= 0.6 is 11.3 Å². The molecule has 8 heteroatoms. The molecule has 0 saturated heterocycles. The molecular formula is C24H23N3O4S. The van der Waals surface area contributed by atoms with Gasteiger partial charge in [-0.15, -0.1) is 11.3 Å². The number of carbonyl (C=O) groups excluding carboxylic acids is 1. The highest BCUT2D eigenvalue weighted by Gasteiger charge is 2.16. The summed E-state index contributed by atoms with van der Waals surface area (Å²) in [7, 11) is 3.14. The van der Waals surface area contributed by atoms with Gasteiger partial charge in [-0.25, -0.2) is 4.98 Å². The van der Waals surface area contributed by atoms with Crippen LogP contribution < -0.4 is 20.3 Å². The Morgan fingerprint density at radius 2 is 1.88 bits per heavy atom. The monoisotopic (exact) mass is 449 g/mol. The summed E-state index contributed by atoms with van der Waals surface area (Å²) in [4.78, 5) is 30.6. The Kier molecular flexibility index (Phi) is 6.51. The molecule has 1 N–H and O–H groups in total. The van der Waals surface area contributed by atoms with Crippen molar-refractivity contribution in [3.05, 3.63) is 76.2 Å². The lowest BCUT2D eigenvalue weighted by atomic mass is 10.1. The first-order chi connectivity index (χ1) is 15.6. The molecular weight excluding hydrogens is 426 g/mol. The van der Waals surface area contributed by atoms with Crippen molar-refractivity contribution in [1.29, 1.82) is 0 Å². The second-order valence-corrected chi connectivity index (χ2v) is 8.02. The third-order valence-corrected chi connectivity index (χ3v) is 6.03. The van der Waals surface area contributed by atoms with Gasteiger partial charge in [0.2, 0.25) is 5.91 Å². The molecule has 0 aliphatic heterocycles. The van der Waals surface area contributed by atoms with Crippen LogP contribution in [0.15, 0.2) is 65.0 Å². The number of amides is 1. The molecule has 7 nitrogen and oxygen atoms in total. The van der Waals surface area contributed by atoms with Crippen molar-refractivity contribution in [3.8, 4) is 22.6 Å². The van der Waals surface area contributed by atoms with E-state index in [1.165, 1.54) is 22.2 Å². The fraction of sp³-hybridized carbons (Fsp3) is 0.208. The Balaban J connectivity index is 1.55. The van der Waals surface area contributed by atoms with E-state index in [0.717, 1.165) is 23.1 Å². The molecule has 4 aromatic rings. The van der Waals surface area contributed by atoms with E-state index in [2.05, 4.69) is 10.3 Å². The summed E-state index contributed by atoms with van der Waals surface area (Å²) in [6.07, 6.45) is 2.16. The highest BCUT2D eigenvalue weighted by molar-refractivity contribution is 7.17. The number of ether oxygens (including phenoxy) is 2. The number of rotatable bonds is 8. The van der Waals surface area contributed by atoms with Gasteiger partial charge in [0.25, 0.3) is 5.56 Å². The molecule has 2 aromatic heterocycles. The van der Waals surface area contributed by atoms with Gasteiger partial charge in [0, 0.05) is 17.5 Å². The number of nitrogens with one attached hydrogen (secondary N) is 1. The summed E-state index contributed by atoms with van der Waals surface area (Å²) in [5, 5.41) is 5.25. The van der Waals surface area contributed by atoms with Gasteiger partial charge in [-0.05, 0) is 29.7 Å². The first-order valence-electron chi connectivity index (χ1n) is 10.1. The molecule has 0 radical (unpaired) electrons. The third-order valence-electron chi connectivity index (χ3n) is 5.15. The maximum absolute atomic E-state index is 13.2. The molecule has 0 aliphatic rings. The molecule has 0 fully saturated rings. The lowest BCUT2D eigenvalue weighted by molar-refractivity contribution is -0.121. The fourth-order valence-electron chi connectivity index (χ4n) is 3.50. The molecule has 1 amide bonds. The minimum atomic E-state index is -0.251. The average Bonchev–Trinajstić information content (AvgIpc) is 3.26. The van der Waals surface area contributed by atoms with Crippen LogP contribution in [-0.4, -0.2) is 36.2 Å². The topological polar surface area (TPSA) is 82.5 Å². The van der Waals surface area contributed by atoms with Gasteiger partial charge in [-0.1, -0.05) is 36.4 Å². The van der Waals surface area contributed by atoms with E-state index >= 15 is 0 Å². The van der Waals surface area contributed by atoms with Crippen LogP contribution in [0.5, 0.6) is 11.5 Å². The minimum Gasteiger partial charge on any atom is -0.493 e. The van der Waals surface area contributed by atoms with E-state index in [4.69, 9.17) is 9.47 Å². The third kappa shape index (κ3) is 4.50. The van der Waals surface area contributed by atoms with Crippen LogP contribution in [0.1, 0.15) is 5.56 Å². The molecule has 4 rings (SSSR count). The number of nitrogens with zero attached hydrogens (tertiary/aromatic N) is 2. The Bertz CT molecular complexity index is 1300. The standard InChI is InChI=1S/C24H23N3O4S/c1-30-19-9-8-17(12-20(19)31-2)18-14-32-23-22(18)24(29)27(15-26-23)13-21(28)25-11-10-16-6-4-3-5-7-16/h3-9,12,14-15H,10-11,13H2,1-2H3,(H,25,28). The van der Waals surface area contributed by atoms with E-state index < -0.39 is 0 Å². The Morgan fingerprint density at radius 3 is 2.62 bits per heavy atom. The zero-order valence-electron chi connectivity index (χ0n) is 17.8. The van der Waals surface area contributed by atoms with Gasteiger partial charge in [0.05, 0.1) is 25.9 Å². The maximum atomic E-state index is 13.2. The highest BCUT2D eigenvalue weighted by atomic mass is 32.1. The van der Waals surface area contributed by atoms with Crippen molar-refractivity contribution < 1.29 is 14.3 Å². The van der Waals surface area contributed by atoms with E-state index in [-0.39, 0.29) is 18.0 Å². The van der Waals surface area contributed by atoms with Crippen LogP contribution in [-0.2, 0) is 17.8 Å². The summed E-state index contributed by atoms with van der Waals surface area (Å²) >= 11 is 1.39. The number of aromatic nitrogens is 2. The van der Waals surface area contributed by atoms with Crippen molar-refractivity contribution >= 4 is 27.5 Å². The fourth-order valence-corrected chi connectivity index (χ4v) is 4.40. The molecule has 0 bridgehead atoms. The molecule has 0 spiro atoms. The SMILES string of the molecule is COc1ccc(-c2csc3ncn(CC(=O)NCCc4ccccc4)c(=O)c23)cc1OC. The number of carbonyl (C=O) groups is 1. The van der Waals surface area contributed by atoms with Crippen LogP contribution in [0.25, 0.3) is 21.3 Å². The summed E-state index contributed by atoms with van der Waals surface area (Å²) in [5.74, 6) is 0.955. The van der Waals surface area contributed by atoms with Crippen LogP contribution in [0.2, 0.25) is 0 Å². The zero-order valence-corrected chi connectivity index (χ0v) is 18.6. The number of hydrogen-bond donors (Lipinski definition) is 1. The average molecular weight is 450 g/mol. The number of benzene rings is 2. The Labute approximate surface area is 189 Å². The number of thiophene rings is 1. The largest absolute Gasteiger partial charge is 0.493 e. The van der Waals surface area contributed by atoms with Crippen LogP contribution in [0, 0.1) is 0 Å². The van der Waals surface area contributed by atoms with Crippen LogP contribution in [0.3, 0.4) is 0 Å². The number of hydrogen-bond acceptors (Lipinski definition) is 6. The Hall–Kier alpha value is -3.65. The summed E-state index contributed by atoms with van der Waals surface area (Å²) in [6.45, 7) is 0.417. The molecule has 0 unspecified atom stereocenters. The summed E-state index contributed by atoms with van der Waals surface area (Å²) in [5.41, 5.74) is 2.46. The van der Waals surface area contributed by atoms with E-state index in [1.807, 2.05) is 47.8 Å². The predicted octanol–water partition coefficient (Wildman–Crippen LogP) is 3.50. The summed E-state index contributed by atoms with van der Waals surface area (Å²) in [6, 6.07) is 15.4. The quantitative estimate of drug-likeness (QED) is 0.445. The van der Waals surface area contributed by atoms with Crippen molar-refractivity contribution in [2.24, 2.45) is 0 Å². The summed E-state index contributed by atoms with van der Waals surface area (Å²) < 4.78 is 12.0. The normalized spacial score (nSPS) is 10.8. The van der Waals surface area contributed by atoms with Gasteiger partial charge < -0.3 is 14.8 Å². The lowest BCUT2D eigenvalue weighted by Crippen LogP contribution is -2.33. The van der Waals surface area contributed by atoms with E-state index in [9.17, 15) is 9.59 Å². The molecule has 0 atom stereocenters. The van der Waals surface area contributed by atoms with Gasteiger partial charge in [0.1, 0.15) is 11.4 Å². The first kappa shape index (κ1) is 21.6. The molecule has 164 valence electrons. The van der Waals surface area contributed by atoms with Crippen LogP contribution in [0.4, 0.5) is 0 Å². The molecule has 2 aromatic carbocycles. The van der Waals surface area contributed by atoms with Crippen molar-refractivity contribution in [3.63, 3.8) is 0 Å². The van der Waals surface area contributed by atoms with Gasteiger partial charge in [-0.2, -0.15) is 0 Å². The maximum Gasteiger partial charge on any atom is 0.263 e. The minimum absolute atomic E-state index is 0.0855. The molecule has 32 heavy (non-hydrogen) atoms.